The van der Waals surface area contributed by atoms with Gasteiger partial charge in [0.05, 0.1) is 15.6 Å². The van der Waals surface area contributed by atoms with Crippen molar-refractivity contribution in [1.29, 1.82) is 0 Å². The highest BCUT2D eigenvalue weighted by atomic mass is 35.5. The van der Waals surface area contributed by atoms with Gasteiger partial charge in [-0.05, 0) is 12.1 Å². The molecule has 1 fully saturated rings. The molecule has 21 heavy (non-hydrogen) atoms. The van der Waals surface area contributed by atoms with Crippen LogP contribution in [0, 0.1) is 0 Å². The number of hydrogen-bond acceptors (Lipinski definition) is 3. The average molecular weight is 330 g/mol. The van der Waals surface area contributed by atoms with Crippen LogP contribution in [0.5, 0.6) is 0 Å². The van der Waals surface area contributed by atoms with E-state index in [0.717, 1.165) is 0 Å². The van der Waals surface area contributed by atoms with Crippen LogP contribution in [0.2, 0.25) is 10.0 Å². The first-order valence-corrected chi connectivity index (χ1v) is 7.51. The molecule has 1 heterocycles. The van der Waals surface area contributed by atoms with E-state index < -0.39 is 0 Å². The zero-order chi connectivity index (χ0) is 15.4. The van der Waals surface area contributed by atoms with Gasteiger partial charge >= 0.3 is 0 Å². The van der Waals surface area contributed by atoms with Crippen molar-refractivity contribution in [2.24, 2.45) is 5.73 Å². The number of carbonyl (C=O) groups excluding carboxylic acids is 2. The Morgan fingerprint density at radius 1 is 1.05 bits per heavy atom. The summed E-state index contributed by atoms with van der Waals surface area (Å²) in [5.41, 5.74) is 5.70. The molecule has 0 unspecified atom stereocenters. The summed E-state index contributed by atoms with van der Waals surface area (Å²) < 4.78 is 0. The van der Waals surface area contributed by atoms with Crippen molar-refractivity contribution in [2.75, 3.05) is 32.7 Å². The van der Waals surface area contributed by atoms with Crippen LogP contribution in [-0.4, -0.2) is 54.3 Å². The predicted molar refractivity (Wildman–Crippen MR) is 82.6 cm³/mol. The Morgan fingerprint density at radius 2 is 1.57 bits per heavy atom. The molecule has 0 aliphatic carbocycles. The van der Waals surface area contributed by atoms with E-state index in [9.17, 15) is 9.59 Å². The van der Waals surface area contributed by atoms with E-state index in [1.807, 2.05) is 0 Å². The first kappa shape index (κ1) is 16.1. The van der Waals surface area contributed by atoms with Gasteiger partial charge in [0.2, 0.25) is 5.91 Å². The third-order valence-electron chi connectivity index (χ3n) is 3.45. The van der Waals surface area contributed by atoms with Crippen LogP contribution >= 0.6 is 23.2 Å². The molecule has 1 aromatic rings. The number of piperazine rings is 1. The second-order valence-electron chi connectivity index (χ2n) is 4.81. The second-order valence-corrected chi connectivity index (χ2v) is 5.62. The number of rotatable bonds is 3. The van der Waals surface area contributed by atoms with E-state index in [1.54, 1.807) is 28.0 Å². The van der Waals surface area contributed by atoms with Crippen molar-refractivity contribution in [2.45, 2.75) is 6.42 Å². The molecule has 2 amide bonds. The van der Waals surface area contributed by atoms with Gasteiger partial charge in [-0.1, -0.05) is 29.3 Å². The van der Waals surface area contributed by atoms with E-state index in [0.29, 0.717) is 54.8 Å². The maximum Gasteiger partial charge on any atom is 0.257 e. The molecule has 0 spiro atoms. The number of benzene rings is 1. The van der Waals surface area contributed by atoms with Crippen LogP contribution in [0.1, 0.15) is 16.8 Å². The van der Waals surface area contributed by atoms with E-state index >= 15 is 0 Å². The van der Waals surface area contributed by atoms with Crippen molar-refractivity contribution in [3.8, 4) is 0 Å². The summed E-state index contributed by atoms with van der Waals surface area (Å²) in [6, 6.07) is 4.98. The highest BCUT2D eigenvalue weighted by molar-refractivity contribution is 6.39. The van der Waals surface area contributed by atoms with Gasteiger partial charge in [0.15, 0.2) is 0 Å². The highest BCUT2D eigenvalue weighted by Crippen LogP contribution is 2.26. The average Bonchev–Trinajstić information content (AvgIpc) is 2.47. The summed E-state index contributed by atoms with van der Waals surface area (Å²) in [5, 5.41) is 0.684. The van der Waals surface area contributed by atoms with Crippen LogP contribution < -0.4 is 5.73 Å². The predicted octanol–water partition coefficient (Wildman–Crippen LogP) is 1.63. The van der Waals surface area contributed by atoms with Crippen molar-refractivity contribution in [3.05, 3.63) is 33.8 Å². The molecule has 1 aliphatic heterocycles. The minimum absolute atomic E-state index is 0.0281. The lowest BCUT2D eigenvalue weighted by atomic mass is 10.1. The Morgan fingerprint density at radius 3 is 2.10 bits per heavy atom. The molecule has 0 aromatic heterocycles. The summed E-state index contributed by atoms with van der Waals surface area (Å²) in [7, 11) is 0. The quantitative estimate of drug-likeness (QED) is 0.916. The number of halogens is 2. The molecule has 2 rings (SSSR count). The Labute approximate surface area is 133 Å². The zero-order valence-electron chi connectivity index (χ0n) is 11.5. The smallest absolute Gasteiger partial charge is 0.257 e. The van der Waals surface area contributed by atoms with Gasteiger partial charge in [-0.3, -0.25) is 9.59 Å². The first-order valence-electron chi connectivity index (χ1n) is 6.75. The third kappa shape index (κ3) is 3.67. The van der Waals surface area contributed by atoms with Gasteiger partial charge in [0.1, 0.15) is 0 Å². The van der Waals surface area contributed by atoms with E-state index in [2.05, 4.69) is 0 Å². The van der Waals surface area contributed by atoms with Crippen molar-refractivity contribution >= 4 is 35.0 Å². The minimum atomic E-state index is -0.198. The van der Waals surface area contributed by atoms with Gasteiger partial charge in [-0.2, -0.15) is 0 Å². The maximum atomic E-state index is 12.5. The molecule has 5 nitrogen and oxygen atoms in total. The topological polar surface area (TPSA) is 66.6 Å². The molecule has 0 saturated carbocycles. The molecule has 1 saturated heterocycles. The fourth-order valence-electron chi connectivity index (χ4n) is 2.30. The lowest BCUT2D eigenvalue weighted by molar-refractivity contribution is -0.132. The molecule has 7 heteroatoms. The van der Waals surface area contributed by atoms with Crippen LogP contribution in [0.3, 0.4) is 0 Å². The molecular formula is C14H17Cl2N3O2. The largest absolute Gasteiger partial charge is 0.339 e. The third-order valence-corrected chi connectivity index (χ3v) is 4.08. The molecule has 1 aliphatic rings. The SMILES string of the molecule is NCCC(=O)N1CCN(C(=O)c2c(Cl)cccc2Cl)CC1. The minimum Gasteiger partial charge on any atom is -0.339 e. The lowest BCUT2D eigenvalue weighted by Crippen LogP contribution is -2.50. The number of amides is 2. The molecule has 1 aromatic carbocycles. The Hall–Kier alpha value is -1.30. The van der Waals surface area contributed by atoms with Crippen LogP contribution in [0.15, 0.2) is 18.2 Å². The van der Waals surface area contributed by atoms with Gasteiger partial charge in [-0.15, -0.1) is 0 Å². The van der Waals surface area contributed by atoms with E-state index in [4.69, 9.17) is 28.9 Å². The molecule has 114 valence electrons. The number of nitrogens with zero attached hydrogens (tertiary/aromatic N) is 2. The van der Waals surface area contributed by atoms with E-state index in [-0.39, 0.29) is 11.8 Å². The standard InChI is InChI=1S/C14H17Cl2N3O2/c15-10-2-1-3-11(16)13(10)14(21)19-8-6-18(7-9-19)12(20)4-5-17/h1-3H,4-9,17H2. The Balaban J connectivity index is 2.02. The summed E-state index contributed by atoms with van der Waals surface area (Å²) in [4.78, 5) is 27.6. The maximum absolute atomic E-state index is 12.5. The Kier molecular flexibility index (Phi) is 5.45. The fourth-order valence-corrected chi connectivity index (χ4v) is 2.86. The summed E-state index contributed by atoms with van der Waals surface area (Å²) in [6.07, 6.45) is 0.338. The summed E-state index contributed by atoms with van der Waals surface area (Å²) >= 11 is 12.1. The summed E-state index contributed by atoms with van der Waals surface area (Å²) in [6.45, 7) is 2.29. The highest BCUT2D eigenvalue weighted by Gasteiger charge is 2.26. The monoisotopic (exact) mass is 329 g/mol. The van der Waals surface area contributed by atoms with Gasteiger partial charge in [0.25, 0.3) is 5.91 Å². The van der Waals surface area contributed by atoms with Gasteiger partial charge in [-0.25, -0.2) is 0 Å². The van der Waals surface area contributed by atoms with Crippen molar-refractivity contribution in [1.82, 2.24) is 9.80 Å². The van der Waals surface area contributed by atoms with Crippen molar-refractivity contribution < 1.29 is 9.59 Å². The number of hydrogen-bond donors (Lipinski definition) is 1. The van der Waals surface area contributed by atoms with Crippen LogP contribution in [0.4, 0.5) is 0 Å². The number of nitrogens with two attached hydrogens (primary N) is 1. The summed E-state index contributed by atoms with van der Waals surface area (Å²) in [5.74, 6) is -0.170. The van der Waals surface area contributed by atoms with Gasteiger partial charge in [0, 0.05) is 39.1 Å². The molecule has 0 bridgehead atoms. The van der Waals surface area contributed by atoms with Crippen molar-refractivity contribution in [3.63, 3.8) is 0 Å². The fraction of sp³-hybridized carbons (Fsp3) is 0.429. The molecule has 2 N–H and O–H groups in total. The van der Waals surface area contributed by atoms with Crippen LogP contribution in [-0.2, 0) is 4.79 Å². The second kappa shape index (κ2) is 7.11. The Bertz CT molecular complexity index is 523. The van der Waals surface area contributed by atoms with Crippen LogP contribution in [0.25, 0.3) is 0 Å². The lowest BCUT2D eigenvalue weighted by Gasteiger charge is -2.35. The molecular weight excluding hydrogens is 313 g/mol. The number of carbonyl (C=O) groups is 2. The van der Waals surface area contributed by atoms with Gasteiger partial charge < -0.3 is 15.5 Å². The normalized spacial score (nSPS) is 15.2. The van der Waals surface area contributed by atoms with E-state index in [1.165, 1.54) is 0 Å². The molecule has 0 radical (unpaired) electrons. The first-order chi connectivity index (χ1) is 10.0. The zero-order valence-corrected chi connectivity index (χ0v) is 13.0. The molecule has 0 atom stereocenters.